The van der Waals surface area contributed by atoms with E-state index < -0.39 is 0 Å². The molecule has 1 unspecified atom stereocenters. The Labute approximate surface area is 121 Å². The summed E-state index contributed by atoms with van der Waals surface area (Å²) in [6.07, 6.45) is 2.80. The molecule has 0 fully saturated rings. The lowest BCUT2D eigenvalue weighted by atomic mass is 10.1. The molecule has 1 rings (SSSR count). The Balaban J connectivity index is 2.72. The number of phenolic OH excluding ortho intramolecular Hbond substituents is 1. The summed E-state index contributed by atoms with van der Waals surface area (Å²) in [6, 6.07) is 3.09. The van der Waals surface area contributed by atoms with Gasteiger partial charge in [-0.1, -0.05) is 47.3 Å². The lowest BCUT2D eigenvalue weighted by Crippen LogP contribution is -2.22. The summed E-state index contributed by atoms with van der Waals surface area (Å²) >= 11 is 9.36. The molecule has 1 aromatic rings. The second-order valence-corrected chi connectivity index (χ2v) is 5.73. The van der Waals surface area contributed by atoms with E-state index in [2.05, 4.69) is 28.2 Å². The first-order chi connectivity index (χ1) is 8.45. The number of phenols is 1. The number of nitrogens with one attached hydrogen (secondary N) is 1. The van der Waals surface area contributed by atoms with Crippen molar-refractivity contribution < 1.29 is 9.90 Å². The van der Waals surface area contributed by atoms with E-state index in [9.17, 15) is 9.90 Å². The molecule has 0 aliphatic rings. The third-order valence-electron chi connectivity index (χ3n) is 2.64. The van der Waals surface area contributed by atoms with Gasteiger partial charge in [-0.2, -0.15) is 0 Å². The second-order valence-electron chi connectivity index (χ2n) is 4.22. The highest BCUT2D eigenvalue weighted by Crippen LogP contribution is 2.30. The number of amides is 1. The van der Waals surface area contributed by atoms with Gasteiger partial charge in [-0.3, -0.25) is 4.79 Å². The van der Waals surface area contributed by atoms with Crippen LogP contribution in [-0.4, -0.2) is 15.8 Å². The number of rotatable bonds is 5. The van der Waals surface area contributed by atoms with Gasteiger partial charge in [0.05, 0.1) is 15.5 Å². The van der Waals surface area contributed by atoms with Gasteiger partial charge >= 0.3 is 0 Å². The minimum Gasteiger partial charge on any atom is -0.508 e. The average Bonchev–Trinajstić information content (AvgIpc) is 2.32. The van der Waals surface area contributed by atoms with Gasteiger partial charge in [-0.25, -0.2) is 0 Å². The van der Waals surface area contributed by atoms with Gasteiger partial charge in [0.1, 0.15) is 5.75 Å². The molecule has 0 radical (unpaired) electrons. The van der Waals surface area contributed by atoms with Crippen LogP contribution >= 0.6 is 27.5 Å². The van der Waals surface area contributed by atoms with Crippen LogP contribution in [0.25, 0.3) is 0 Å². The molecule has 3 nitrogen and oxygen atoms in total. The molecule has 5 heteroatoms. The molecule has 0 aliphatic heterocycles. The fraction of sp³-hybridized carbons (Fsp3) is 0.462. The van der Waals surface area contributed by atoms with E-state index in [1.165, 1.54) is 6.07 Å². The minimum atomic E-state index is -0.239. The van der Waals surface area contributed by atoms with Crippen molar-refractivity contribution in [3.8, 4) is 5.75 Å². The smallest absolute Gasteiger partial charge is 0.238 e. The van der Waals surface area contributed by atoms with Crippen LogP contribution in [0.3, 0.4) is 0 Å². The number of unbranched alkanes of at least 4 members (excludes halogenated alkanes) is 1. The third kappa shape index (κ3) is 4.18. The number of hydrogen-bond donors (Lipinski definition) is 2. The van der Waals surface area contributed by atoms with Crippen LogP contribution in [0.1, 0.15) is 31.7 Å². The van der Waals surface area contributed by atoms with Crippen molar-refractivity contribution in [3.63, 3.8) is 0 Å². The van der Waals surface area contributed by atoms with Crippen LogP contribution in [0.15, 0.2) is 12.1 Å². The van der Waals surface area contributed by atoms with E-state index in [0.717, 1.165) is 19.3 Å². The zero-order chi connectivity index (χ0) is 13.7. The first-order valence-electron chi connectivity index (χ1n) is 5.89. The van der Waals surface area contributed by atoms with E-state index in [1.807, 2.05) is 0 Å². The topological polar surface area (TPSA) is 49.3 Å². The Morgan fingerprint density at radius 1 is 1.56 bits per heavy atom. The highest BCUT2D eigenvalue weighted by Gasteiger charge is 2.16. The molecule has 0 aromatic heterocycles. The number of hydrogen-bond acceptors (Lipinski definition) is 2. The SMILES string of the molecule is CCCCC(Br)C(=O)Nc1cc(O)c(C)cc1Cl. The number of alkyl halides is 1. The molecule has 0 saturated heterocycles. The van der Waals surface area contributed by atoms with E-state index >= 15 is 0 Å². The number of halogens is 2. The number of aromatic hydroxyl groups is 1. The average molecular weight is 335 g/mol. The van der Waals surface area contributed by atoms with Gasteiger partial charge in [-0.05, 0) is 25.0 Å². The molecule has 0 aliphatic carbocycles. The Kier molecular flexibility index (Phi) is 5.96. The number of aryl methyl sites for hydroxylation is 1. The largest absolute Gasteiger partial charge is 0.508 e. The predicted octanol–water partition coefficient (Wildman–Crippen LogP) is 4.25. The summed E-state index contributed by atoms with van der Waals surface area (Å²) in [6.45, 7) is 3.83. The molecule has 18 heavy (non-hydrogen) atoms. The standard InChI is InChI=1S/C13H17BrClNO2/c1-3-4-5-9(14)13(18)16-11-7-12(17)8(2)6-10(11)15/h6-7,9,17H,3-5H2,1-2H3,(H,16,18). The fourth-order valence-electron chi connectivity index (χ4n) is 1.48. The summed E-state index contributed by atoms with van der Waals surface area (Å²) in [7, 11) is 0. The molecule has 0 bridgehead atoms. The van der Waals surface area contributed by atoms with Gasteiger partial charge < -0.3 is 10.4 Å². The number of anilines is 1. The Bertz CT molecular complexity index is 437. The highest BCUT2D eigenvalue weighted by atomic mass is 79.9. The molecular weight excluding hydrogens is 318 g/mol. The van der Waals surface area contributed by atoms with Gasteiger partial charge in [0, 0.05) is 6.07 Å². The van der Waals surface area contributed by atoms with E-state index in [1.54, 1.807) is 13.0 Å². The Morgan fingerprint density at radius 2 is 2.22 bits per heavy atom. The minimum absolute atomic E-state index is 0.120. The van der Waals surface area contributed by atoms with Crippen LogP contribution in [0, 0.1) is 6.92 Å². The van der Waals surface area contributed by atoms with E-state index in [-0.39, 0.29) is 16.5 Å². The van der Waals surface area contributed by atoms with Gasteiger partial charge in [0.2, 0.25) is 5.91 Å². The van der Waals surface area contributed by atoms with Gasteiger partial charge in [0.15, 0.2) is 0 Å². The lowest BCUT2D eigenvalue weighted by molar-refractivity contribution is -0.115. The predicted molar refractivity (Wildman–Crippen MR) is 78.7 cm³/mol. The monoisotopic (exact) mass is 333 g/mol. The summed E-state index contributed by atoms with van der Waals surface area (Å²) in [5.41, 5.74) is 1.12. The first-order valence-corrected chi connectivity index (χ1v) is 7.19. The second kappa shape index (κ2) is 7.00. The van der Waals surface area contributed by atoms with Crippen LogP contribution in [-0.2, 0) is 4.79 Å². The van der Waals surface area contributed by atoms with Crippen molar-refractivity contribution in [1.29, 1.82) is 0 Å². The number of benzene rings is 1. The van der Waals surface area contributed by atoms with Crippen molar-refractivity contribution in [2.45, 2.75) is 37.9 Å². The Hall–Kier alpha value is -0.740. The lowest BCUT2D eigenvalue weighted by Gasteiger charge is -2.12. The van der Waals surface area contributed by atoms with Gasteiger partial charge in [0.25, 0.3) is 0 Å². The van der Waals surface area contributed by atoms with Crippen molar-refractivity contribution in [2.24, 2.45) is 0 Å². The van der Waals surface area contributed by atoms with Crippen LogP contribution in [0.5, 0.6) is 5.75 Å². The highest BCUT2D eigenvalue weighted by molar-refractivity contribution is 9.10. The molecule has 1 amide bonds. The molecule has 100 valence electrons. The van der Waals surface area contributed by atoms with Crippen LogP contribution in [0.4, 0.5) is 5.69 Å². The van der Waals surface area contributed by atoms with Crippen molar-refractivity contribution in [1.82, 2.24) is 0 Å². The third-order valence-corrected chi connectivity index (χ3v) is 3.83. The van der Waals surface area contributed by atoms with Crippen LogP contribution < -0.4 is 5.32 Å². The van der Waals surface area contributed by atoms with E-state index in [4.69, 9.17) is 11.6 Å². The Morgan fingerprint density at radius 3 is 2.83 bits per heavy atom. The maximum Gasteiger partial charge on any atom is 0.238 e. The maximum absolute atomic E-state index is 11.9. The normalized spacial score (nSPS) is 12.2. The summed E-state index contributed by atoms with van der Waals surface area (Å²) < 4.78 is 0. The quantitative estimate of drug-likeness (QED) is 0.791. The molecule has 1 aromatic carbocycles. The summed E-state index contributed by atoms with van der Waals surface area (Å²) in [4.78, 5) is 11.6. The molecule has 1 atom stereocenters. The zero-order valence-corrected chi connectivity index (χ0v) is 12.8. The fourth-order valence-corrected chi connectivity index (χ4v) is 2.19. The molecular formula is C13H17BrClNO2. The first kappa shape index (κ1) is 15.3. The number of carbonyl (C=O) groups is 1. The molecule has 0 heterocycles. The maximum atomic E-state index is 11.9. The molecule has 0 spiro atoms. The van der Waals surface area contributed by atoms with Crippen molar-refractivity contribution in [2.75, 3.05) is 5.32 Å². The summed E-state index contributed by atoms with van der Waals surface area (Å²) in [5, 5.41) is 12.7. The number of carbonyl (C=O) groups excluding carboxylic acids is 1. The van der Waals surface area contributed by atoms with E-state index in [0.29, 0.717) is 16.3 Å². The molecule has 2 N–H and O–H groups in total. The van der Waals surface area contributed by atoms with Crippen molar-refractivity contribution in [3.05, 3.63) is 22.7 Å². The zero-order valence-electron chi connectivity index (χ0n) is 10.5. The van der Waals surface area contributed by atoms with Gasteiger partial charge in [-0.15, -0.1) is 0 Å². The summed E-state index contributed by atoms with van der Waals surface area (Å²) in [5.74, 6) is -0.0250. The van der Waals surface area contributed by atoms with Crippen LogP contribution in [0.2, 0.25) is 5.02 Å². The van der Waals surface area contributed by atoms with Crippen molar-refractivity contribution >= 4 is 39.1 Å². The molecule has 0 saturated carbocycles.